The lowest BCUT2D eigenvalue weighted by molar-refractivity contribution is 0.0387. The van der Waals surface area contributed by atoms with Crippen molar-refractivity contribution in [2.75, 3.05) is 19.0 Å². The number of rotatable bonds is 11. The Morgan fingerprint density at radius 1 is 1.12 bits per heavy atom. The highest BCUT2D eigenvalue weighted by Gasteiger charge is 2.32. The number of carbonyl (C=O) groups excluding carboxylic acids is 3. The second-order valence-corrected chi connectivity index (χ2v) is 10.9. The van der Waals surface area contributed by atoms with E-state index in [1.807, 2.05) is 23.3 Å². The number of methoxy groups -OCH3 is 1. The number of carbonyl (C=O) groups is 3. The van der Waals surface area contributed by atoms with Gasteiger partial charge in [0.05, 0.1) is 18.3 Å². The van der Waals surface area contributed by atoms with E-state index >= 15 is 0 Å². The summed E-state index contributed by atoms with van der Waals surface area (Å²) in [6, 6.07) is 5.08. The van der Waals surface area contributed by atoms with Crippen molar-refractivity contribution in [3.05, 3.63) is 35.2 Å². The number of benzene rings is 1. The molecule has 12 heteroatoms. The number of ether oxygens (including phenoxy) is 2. The van der Waals surface area contributed by atoms with Crippen LogP contribution in [0.25, 0.3) is 11.0 Å². The highest BCUT2D eigenvalue weighted by molar-refractivity contribution is 6.04. The summed E-state index contributed by atoms with van der Waals surface area (Å²) < 4.78 is 15.0. The minimum atomic E-state index is -0.607. The lowest BCUT2D eigenvalue weighted by Gasteiger charge is -2.37. The Hall–Kier alpha value is -4.09. The highest BCUT2D eigenvalue weighted by atomic mass is 16.6. The van der Waals surface area contributed by atoms with Gasteiger partial charge in [0.1, 0.15) is 23.1 Å². The van der Waals surface area contributed by atoms with E-state index in [1.165, 1.54) is 7.11 Å². The van der Waals surface area contributed by atoms with Crippen LogP contribution in [0, 0.1) is 6.92 Å². The van der Waals surface area contributed by atoms with Gasteiger partial charge in [-0.25, -0.2) is 9.78 Å². The molecule has 2 saturated carbocycles. The van der Waals surface area contributed by atoms with Gasteiger partial charge in [-0.2, -0.15) is 5.10 Å². The third-order valence-electron chi connectivity index (χ3n) is 8.07. The summed E-state index contributed by atoms with van der Waals surface area (Å²) in [5.74, 6) is -0.246. The zero-order valence-corrected chi connectivity index (χ0v) is 24.0. The van der Waals surface area contributed by atoms with E-state index in [2.05, 4.69) is 15.4 Å². The van der Waals surface area contributed by atoms with E-state index in [0.29, 0.717) is 54.5 Å². The maximum absolute atomic E-state index is 13.3. The maximum atomic E-state index is 13.3. The Morgan fingerprint density at radius 3 is 2.51 bits per heavy atom. The molecular weight excluding hydrogens is 526 g/mol. The first-order chi connectivity index (χ1) is 19.8. The minimum Gasteiger partial charge on any atom is -0.494 e. The summed E-state index contributed by atoms with van der Waals surface area (Å²) in [5, 5.41) is 7.31. The third-order valence-corrected chi connectivity index (χ3v) is 8.07. The highest BCUT2D eigenvalue weighted by Crippen LogP contribution is 2.32. The quantitative estimate of drug-likeness (QED) is 0.353. The number of amides is 3. The van der Waals surface area contributed by atoms with Crippen LogP contribution < -0.4 is 15.8 Å². The molecule has 220 valence electrons. The monoisotopic (exact) mass is 565 g/mol. The molecule has 41 heavy (non-hydrogen) atoms. The first-order valence-corrected chi connectivity index (χ1v) is 14.5. The van der Waals surface area contributed by atoms with Crippen LogP contribution >= 0.6 is 0 Å². The summed E-state index contributed by atoms with van der Waals surface area (Å²) >= 11 is 0. The Labute approximate surface area is 239 Å². The summed E-state index contributed by atoms with van der Waals surface area (Å²) in [6.45, 7) is 5.23. The van der Waals surface area contributed by atoms with Crippen molar-refractivity contribution in [1.29, 1.82) is 0 Å². The van der Waals surface area contributed by atoms with Crippen LogP contribution in [0.3, 0.4) is 0 Å². The number of nitrogens with two attached hydrogens (primary N) is 1. The van der Waals surface area contributed by atoms with Crippen LogP contribution in [0.15, 0.2) is 18.2 Å². The second-order valence-electron chi connectivity index (χ2n) is 10.9. The SMILES string of the molecule is CCn1nc(C)cc1C(=O)Nc1nc2cc(C(N)=O)cc(OC)c2n1CCCN(C(=O)OC1CCCC1)C1CCC1. The maximum Gasteiger partial charge on any atom is 0.410 e. The van der Waals surface area contributed by atoms with Crippen LogP contribution in [-0.2, 0) is 17.8 Å². The minimum absolute atomic E-state index is 0.00777. The van der Waals surface area contributed by atoms with E-state index < -0.39 is 5.91 Å². The van der Waals surface area contributed by atoms with Crippen LogP contribution in [0.2, 0.25) is 0 Å². The van der Waals surface area contributed by atoms with E-state index in [4.69, 9.17) is 15.2 Å². The molecule has 2 heterocycles. The predicted octanol–water partition coefficient (Wildman–Crippen LogP) is 4.24. The van der Waals surface area contributed by atoms with Gasteiger partial charge in [0, 0.05) is 31.2 Å². The number of anilines is 1. The van der Waals surface area contributed by atoms with Gasteiger partial charge in [0.2, 0.25) is 11.9 Å². The Morgan fingerprint density at radius 2 is 1.88 bits per heavy atom. The summed E-state index contributed by atoms with van der Waals surface area (Å²) in [7, 11) is 1.51. The smallest absolute Gasteiger partial charge is 0.410 e. The van der Waals surface area contributed by atoms with Gasteiger partial charge in [-0.3, -0.25) is 19.6 Å². The molecule has 0 radical (unpaired) electrons. The van der Waals surface area contributed by atoms with Gasteiger partial charge in [0.15, 0.2) is 0 Å². The van der Waals surface area contributed by atoms with Gasteiger partial charge in [-0.05, 0) is 83.4 Å². The lowest BCUT2D eigenvalue weighted by Crippen LogP contribution is -2.46. The number of aromatic nitrogens is 4. The first-order valence-electron chi connectivity index (χ1n) is 14.5. The normalized spacial score (nSPS) is 15.6. The molecule has 3 aromatic rings. The van der Waals surface area contributed by atoms with Crippen LogP contribution in [0.5, 0.6) is 5.75 Å². The van der Waals surface area contributed by atoms with Crippen molar-refractivity contribution in [3.63, 3.8) is 0 Å². The number of nitrogens with one attached hydrogen (secondary N) is 1. The fraction of sp³-hybridized carbons (Fsp3) is 0.552. The molecule has 2 aliphatic carbocycles. The molecule has 0 aliphatic heterocycles. The van der Waals surface area contributed by atoms with Gasteiger partial charge >= 0.3 is 6.09 Å². The number of fused-ring (bicyclic) bond motifs is 1. The molecule has 0 spiro atoms. The number of primary amides is 1. The van der Waals surface area contributed by atoms with Crippen molar-refractivity contribution in [1.82, 2.24) is 24.2 Å². The first kappa shape index (κ1) is 28.4. The number of imidazole rings is 1. The van der Waals surface area contributed by atoms with Crippen molar-refractivity contribution in [2.24, 2.45) is 5.73 Å². The summed E-state index contributed by atoms with van der Waals surface area (Å²) in [4.78, 5) is 45.0. The zero-order chi connectivity index (χ0) is 29.1. The Kier molecular flexibility index (Phi) is 8.46. The molecule has 1 aromatic carbocycles. The van der Waals surface area contributed by atoms with Crippen molar-refractivity contribution < 1.29 is 23.9 Å². The van der Waals surface area contributed by atoms with Crippen molar-refractivity contribution in [2.45, 2.75) is 90.4 Å². The summed E-state index contributed by atoms with van der Waals surface area (Å²) in [5.41, 5.74) is 8.04. The van der Waals surface area contributed by atoms with Gasteiger partial charge < -0.3 is 24.7 Å². The largest absolute Gasteiger partial charge is 0.494 e. The Bertz CT molecular complexity index is 1430. The molecule has 2 aliphatic rings. The average Bonchev–Trinajstić information content (AvgIpc) is 3.65. The third kappa shape index (κ3) is 6.01. The molecule has 0 bridgehead atoms. The molecule has 2 fully saturated rings. The topological polar surface area (TPSA) is 147 Å². The number of aryl methyl sites for hydroxylation is 3. The van der Waals surface area contributed by atoms with Crippen molar-refractivity contribution in [3.8, 4) is 5.75 Å². The van der Waals surface area contributed by atoms with Crippen molar-refractivity contribution >= 4 is 34.9 Å². The molecule has 12 nitrogen and oxygen atoms in total. The molecule has 2 aromatic heterocycles. The van der Waals surface area contributed by atoms with E-state index in [9.17, 15) is 14.4 Å². The molecular formula is C29H39N7O5. The van der Waals surface area contributed by atoms with Crippen LogP contribution in [0.1, 0.15) is 84.8 Å². The van der Waals surface area contributed by atoms with E-state index in [-0.39, 0.29) is 29.7 Å². The predicted molar refractivity (Wildman–Crippen MR) is 153 cm³/mol. The molecule has 5 rings (SSSR count). The summed E-state index contributed by atoms with van der Waals surface area (Å²) in [6.07, 6.45) is 7.47. The molecule has 0 atom stereocenters. The molecule has 3 N–H and O–H groups in total. The average molecular weight is 566 g/mol. The van der Waals surface area contributed by atoms with E-state index in [0.717, 1.165) is 50.6 Å². The Balaban J connectivity index is 1.42. The fourth-order valence-electron chi connectivity index (χ4n) is 5.71. The lowest BCUT2D eigenvalue weighted by atomic mass is 9.91. The van der Waals surface area contributed by atoms with Crippen LogP contribution in [-0.4, -0.2) is 67.9 Å². The zero-order valence-electron chi connectivity index (χ0n) is 24.0. The molecule has 3 amide bonds. The number of nitrogens with zero attached hydrogens (tertiary/aromatic N) is 5. The van der Waals surface area contributed by atoms with Gasteiger partial charge in [0.25, 0.3) is 5.91 Å². The van der Waals surface area contributed by atoms with E-state index in [1.54, 1.807) is 22.9 Å². The fourth-order valence-corrected chi connectivity index (χ4v) is 5.71. The number of hydrogen-bond donors (Lipinski definition) is 2. The van der Waals surface area contributed by atoms with Gasteiger partial charge in [-0.1, -0.05) is 0 Å². The molecule has 0 saturated heterocycles. The standard InChI is InChI=1S/C29H39N7O5/c1-4-36-23(15-18(2)33-36)27(38)32-28-31-22-16-19(26(30)37)17-24(40-3)25(22)35(28)14-8-13-34(20-9-7-10-20)29(39)41-21-11-5-6-12-21/h15-17,20-21H,4-14H2,1-3H3,(H2,30,37)(H,31,32,38). The van der Waals surface area contributed by atoms with Crippen LogP contribution in [0.4, 0.5) is 10.7 Å². The van der Waals surface area contributed by atoms with Gasteiger partial charge in [-0.15, -0.1) is 0 Å². The second kappa shape index (κ2) is 12.2. The number of hydrogen-bond acceptors (Lipinski definition) is 7. The molecule has 0 unspecified atom stereocenters.